The fourth-order valence-corrected chi connectivity index (χ4v) is 5.21. The number of benzene rings is 2. The lowest BCUT2D eigenvalue weighted by molar-refractivity contribution is -0.634. The van der Waals surface area contributed by atoms with Crippen LogP contribution in [0.2, 0.25) is 0 Å². The Morgan fingerprint density at radius 1 is 1.22 bits per heavy atom. The molecule has 1 unspecified atom stereocenters. The summed E-state index contributed by atoms with van der Waals surface area (Å²) in [5.41, 5.74) is 3.51. The van der Waals surface area contributed by atoms with Crippen LogP contribution in [0.25, 0.3) is 22.4 Å². The molecule has 3 atom stereocenters. The van der Waals surface area contributed by atoms with Gasteiger partial charge in [0.25, 0.3) is 5.82 Å². The van der Waals surface area contributed by atoms with E-state index >= 15 is 0 Å². The lowest BCUT2D eigenvalue weighted by Gasteiger charge is -2.36. The van der Waals surface area contributed by atoms with E-state index in [0.717, 1.165) is 35.3 Å². The van der Waals surface area contributed by atoms with Gasteiger partial charge in [0.1, 0.15) is 6.10 Å². The number of carbonyl (C=O) groups excluding carboxylic acids is 1. The zero-order chi connectivity index (χ0) is 22.8. The number of para-hydroxylation sites is 2. The number of nitriles is 1. The SMILES string of the molecule is CC(C)C1CC[C@@H](C)C[C@H]1OC(=O)Cn1c(-c2cccc(C#N)c2)[n+](C)c2ccccc21. The highest BCUT2D eigenvalue weighted by molar-refractivity contribution is 5.79. The molecule has 1 saturated carbocycles. The van der Waals surface area contributed by atoms with Crippen LogP contribution in [0.5, 0.6) is 0 Å². The minimum atomic E-state index is -0.200. The molecule has 32 heavy (non-hydrogen) atoms. The smallest absolute Gasteiger partial charge is 0.348 e. The fraction of sp³-hybridized carbons (Fsp3) is 0.444. The predicted molar refractivity (Wildman–Crippen MR) is 124 cm³/mol. The number of hydrogen-bond donors (Lipinski definition) is 0. The van der Waals surface area contributed by atoms with Crippen molar-refractivity contribution in [1.29, 1.82) is 5.26 Å². The number of rotatable bonds is 5. The largest absolute Gasteiger partial charge is 0.459 e. The number of nitrogens with zero attached hydrogens (tertiary/aromatic N) is 3. The lowest BCUT2D eigenvalue weighted by Crippen LogP contribution is -2.37. The van der Waals surface area contributed by atoms with Gasteiger partial charge in [-0.15, -0.1) is 0 Å². The first-order chi connectivity index (χ1) is 15.4. The third-order valence-corrected chi connectivity index (χ3v) is 6.89. The van der Waals surface area contributed by atoms with Gasteiger partial charge in [-0.1, -0.05) is 45.4 Å². The maximum atomic E-state index is 13.2. The Labute approximate surface area is 190 Å². The molecule has 0 saturated heterocycles. The summed E-state index contributed by atoms with van der Waals surface area (Å²) in [5.74, 6) is 2.18. The number of fused-ring (bicyclic) bond motifs is 1. The lowest BCUT2D eigenvalue weighted by atomic mass is 9.75. The second-order valence-corrected chi connectivity index (χ2v) is 9.50. The molecule has 1 aliphatic rings. The third-order valence-electron chi connectivity index (χ3n) is 6.89. The van der Waals surface area contributed by atoms with Gasteiger partial charge in [0, 0.05) is 0 Å². The minimum absolute atomic E-state index is 0.0211. The molecule has 4 rings (SSSR count). The van der Waals surface area contributed by atoms with Crippen LogP contribution in [0, 0.1) is 29.1 Å². The monoisotopic (exact) mass is 430 g/mol. The molecule has 3 aromatic rings. The molecule has 0 N–H and O–H groups in total. The molecule has 0 bridgehead atoms. The highest BCUT2D eigenvalue weighted by atomic mass is 16.5. The molecule has 1 aliphatic carbocycles. The number of aryl methyl sites for hydroxylation is 1. The van der Waals surface area contributed by atoms with Gasteiger partial charge in [0.15, 0.2) is 17.6 Å². The molecule has 1 fully saturated rings. The van der Waals surface area contributed by atoms with Crippen LogP contribution in [0.1, 0.15) is 45.6 Å². The minimum Gasteiger partial charge on any atom is -0.459 e. The molecule has 0 radical (unpaired) electrons. The van der Waals surface area contributed by atoms with Crippen LogP contribution in [0.15, 0.2) is 48.5 Å². The van der Waals surface area contributed by atoms with Crippen molar-refractivity contribution in [3.05, 3.63) is 54.1 Å². The molecule has 0 aliphatic heterocycles. The molecule has 166 valence electrons. The zero-order valence-corrected chi connectivity index (χ0v) is 19.4. The van der Waals surface area contributed by atoms with Gasteiger partial charge >= 0.3 is 5.97 Å². The number of esters is 1. The molecule has 0 spiro atoms. The van der Waals surface area contributed by atoms with Gasteiger partial charge in [-0.3, -0.25) is 0 Å². The van der Waals surface area contributed by atoms with E-state index in [1.165, 1.54) is 6.42 Å². The summed E-state index contributed by atoms with van der Waals surface area (Å²) in [6, 6.07) is 17.8. The van der Waals surface area contributed by atoms with Gasteiger partial charge in [-0.25, -0.2) is 13.9 Å². The topological polar surface area (TPSA) is 58.9 Å². The molecule has 1 aromatic heterocycles. The Kier molecular flexibility index (Phi) is 6.32. The molecule has 1 heterocycles. The van der Waals surface area contributed by atoms with Crippen LogP contribution in [-0.4, -0.2) is 16.6 Å². The van der Waals surface area contributed by atoms with Crippen molar-refractivity contribution in [2.24, 2.45) is 24.8 Å². The zero-order valence-electron chi connectivity index (χ0n) is 19.4. The number of imidazole rings is 1. The number of ether oxygens (including phenoxy) is 1. The van der Waals surface area contributed by atoms with Crippen molar-refractivity contribution in [3.8, 4) is 17.5 Å². The normalized spacial score (nSPS) is 20.9. The predicted octanol–water partition coefficient (Wildman–Crippen LogP) is 5.01. The van der Waals surface area contributed by atoms with Gasteiger partial charge in [-0.2, -0.15) is 5.26 Å². The quantitative estimate of drug-likeness (QED) is 0.422. The molecule has 2 aromatic carbocycles. The summed E-state index contributed by atoms with van der Waals surface area (Å²) >= 11 is 0. The van der Waals surface area contributed by atoms with E-state index in [1.807, 2.05) is 54.1 Å². The summed E-state index contributed by atoms with van der Waals surface area (Å²) in [6.07, 6.45) is 3.23. The van der Waals surface area contributed by atoms with Crippen molar-refractivity contribution in [2.75, 3.05) is 0 Å². The van der Waals surface area contributed by atoms with Gasteiger partial charge in [0.05, 0.1) is 24.2 Å². The first-order valence-corrected chi connectivity index (χ1v) is 11.6. The Balaban J connectivity index is 1.69. The second-order valence-electron chi connectivity index (χ2n) is 9.50. The number of aromatic nitrogens is 2. The molecule has 5 nitrogen and oxygen atoms in total. The van der Waals surface area contributed by atoms with E-state index in [0.29, 0.717) is 23.3 Å². The maximum Gasteiger partial charge on any atom is 0.348 e. The summed E-state index contributed by atoms with van der Waals surface area (Å²) in [5, 5.41) is 9.37. The van der Waals surface area contributed by atoms with Crippen molar-refractivity contribution < 1.29 is 14.1 Å². The highest BCUT2D eigenvalue weighted by Gasteiger charge is 2.34. The van der Waals surface area contributed by atoms with Crippen molar-refractivity contribution in [3.63, 3.8) is 0 Å². The van der Waals surface area contributed by atoms with Crippen molar-refractivity contribution in [2.45, 2.75) is 52.7 Å². The van der Waals surface area contributed by atoms with Gasteiger partial charge < -0.3 is 4.74 Å². The van der Waals surface area contributed by atoms with Gasteiger partial charge in [-0.05, 0) is 60.9 Å². The van der Waals surface area contributed by atoms with Crippen molar-refractivity contribution >= 4 is 17.0 Å². The summed E-state index contributed by atoms with van der Waals surface area (Å²) in [6.45, 7) is 6.84. The average molecular weight is 431 g/mol. The Bertz CT molecular complexity index is 1170. The van der Waals surface area contributed by atoms with Crippen molar-refractivity contribution in [1.82, 2.24) is 4.57 Å². The van der Waals surface area contributed by atoms with E-state index < -0.39 is 0 Å². The number of carbonyl (C=O) groups is 1. The van der Waals surface area contributed by atoms with Crippen LogP contribution in [0.4, 0.5) is 0 Å². The molecule has 0 amide bonds. The van der Waals surface area contributed by atoms with Gasteiger partial charge in [0.2, 0.25) is 0 Å². The maximum absolute atomic E-state index is 13.2. The van der Waals surface area contributed by atoms with E-state index in [-0.39, 0.29) is 18.6 Å². The summed E-state index contributed by atoms with van der Waals surface area (Å²) in [4.78, 5) is 13.2. The second kappa shape index (κ2) is 9.16. The van der Waals surface area contributed by atoms with Crippen LogP contribution >= 0.6 is 0 Å². The first-order valence-electron chi connectivity index (χ1n) is 11.6. The molecular formula is C27H32N3O2+. The Hall–Kier alpha value is -3.13. The molecule has 5 heteroatoms. The Morgan fingerprint density at radius 2 is 2.00 bits per heavy atom. The van der Waals surface area contributed by atoms with Crippen LogP contribution in [0.3, 0.4) is 0 Å². The highest BCUT2D eigenvalue weighted by Crippen LogP contribution is 2.35. The summed E-state index contributed by atoms with van der Waals surface area (Å²) in [7, 11) is 2.00. The Morgan fingerprint density at radius 3 is 2.75 bits per heavy atom. The van der Waals surface area contributed by atoms with Crippen LogP contribution < -0.4 is 4.57 Å². The average Bonchev–Trinajstić information content (AvgIpc) is 3.05. The first kappa shape index (κ1) is 22.1. The fourth-order valence-electron chi connectivity index (χ4n) is 5.21. The van der Waals surface area contributed by atoms with E-state index in [1.54, 1.807) is 6.07 Å². The molecular weight excluding hydrogens is 398 g/mol. The number of hydrogen-bond acceptors (Lipinski definition) is 3. The van der Waals surface area contributed by atoms with E-state index in [4.69, 9.17) is 4.74 Å². The summed E-state index contributed by atoms with van der Waals surface area (Å²) < 4.78 is 10.2. The van der Waals surface area contributed by atoms with E-state index in [2.05, 4.69) is 31.4 Å². The standard InChI is InChI=1S/C27H32N3O2/c1-18(2)22-13-12-19(3)14-25(22)32-26(31)17-30-24-11-6-5-10-23(24)29(4)27(30)21-9-7-8-20(15-21)16-28/h5-11,15,18-19,22,25H,12-14,17H2,1-4H3/q+1/t19-,22?,25-/m1/s1. The third kappa shape index (κ3) is 4.27. The van der Waals surface area contributed by atoms with E-state index in [9.17, 15) is 10.1 Å². The van der Waals surface area contributed by atoms with Crippen LogP contribution in [-0.2, 0) is 23.1 Å².